The third kappa shape index (κ3) is 4.80. The Hall–Kier alpha value is -3.75. The number of anilines is 1. The third-order valence-corrected chi connectivity index (χ3v) is 4.58. The number of nitrogens with one attached hydrogen (secondary N) is 3. The van der Waals surface area contributed by atoms with Crippen molar-refractivity contribution in [1.29, 1.82) is 0 Å². The summed E-state index contributed by atoms with van der Waals surface area (Å²) in [4.78, 5) is 28.5. The molecule has 1 aromatic heterocycles. The molecule has 9 heteroatoms. The summed E-state index contributed by atoms with van der Waals surface area (Å²) in [5.74, 6) is -0.130. The van der Waals surface area contributed by atoms with Crippen LogP contribution in [0.1, 0.15) is 42.1 Å². The molecule has 30 heavy (non-hydrogen) atoms. The van der Waals surface area contributed by atoms with E-state index in [-0.39, 0.29) is 29.7 Å². The highest BCUT2D eigenvalue weighted by Crippen LogP contribution is 2.20. The minimum absolute atomic E-state index is 0.234. The van der Waals surface area contributed by atoms with Crippen LogP contribution in [0.5, 0.6) is 0 Å². The Morgan fingerprint density at radius 3 is 2.47 bits per heavy atom. The minimum Gasteiger partial charge on any atom is -0.341 e. The van der Waals surface area contributed by atoms with Crippen LogP contribution in [0, 0.1) is 5.82 Å². The molecule has 4 rings (SSSR count). The minimum atomic E-state index is -0.527. The van der Waals surface area contributed by atoms with Gasteiger partial charge in [-0.15, -0.1) is 0 Å². The van der Waals surface area contributed by atoms with Gasteiger partial charge in [0, 0.05) is 22.9 Å². The van der Waals surface area contributed by atoms with Crippen molar-refractivity contribution in [2.24, 2.45) is 0 Å². The van der Waals surface area contributed by atoms with E-state index >= 15 is 0 Å². The van der Waals surface area contributed by atoms with Crippen molar-refractivity contribution in [2.75, 3.05) is 5.32 Å². The lowest BCUT2D eigenvalue weighted by atomic mass is 10.2. The fourth-order valence-corrected chi connectivity index (χ4v) is 2.75. The molecule has 3 aromatic rings. The lowest BCUT2D eigenvalue weighted by Crippen LogP contribution is -2.30. The predicted molar refractivity (Wildman–Crippen MR) is 107 cm³/mol. The maximum atomic E-state index is 13.0. The second-order valence-electron chi connectivity index (χ2n) is 7.11. The monoisotopic (exact) mass is 409 g/mol. The van der Waals surface area contributed by atoms with Gasteiger partial charge in [0.2, 0.25) is 11.7 Å². The number of hydrogen-bond donors (Lipinski definition) is 3. The summed E-state index contributed by atoms with van der Waals surface area (Å²) in [7, 11) is 0. The molecule has 3 amide bonds. The van der Waals surface area contributed by atoms with Gasteiger partial charge in [-0.25, -0.2) is 9.18 Å². The third-order valence-electron chi connectivity index (χ3n) is 4.58. The molecule has 0 saturated heterocycles. The first-order chi connectivity index (χ1) is 14.5. The van der Waals surface area contributed by atoms with Crippen LogP contribution in [-0.2, 0) is 0 Å². The molecule has 1 aliphatic carbocycles. The lowest BCUT2D eigenvalue weighted by molar-refractivity contribution is 0.0932. The molecule has 0 aliphatic heterocycles. The fourth-order valence-electron chi connectivity index (χ4n) is 2.75. The second-order valence-corrected chi connectivity index (χ2v) is 7.11. The van der Waals surface area contributed by atoms with E-state index in [1.165, 1.54) is 12.1 Å². The average Bonchev–Trinajstić information content (AvgIpc) is 3.40. The largest absolute Gasteiger partial charge is 0.341 e. The predicted octanol–water partition coefficient (Wildman–Crippen LogP) is 3.65. The molecule has 1 atom stereocenters. The van der Waals surface area contributed by atoms with Crippen LogP contribution in [0.25, 0.3) is 11.4 Å². The molecule has 1 heterocycles. The molecule has 1 saturated carbocycles. The average molecular weight is 409 g/mol. The maximum Gasteiger partial charge on any atom is 0.319 e. The molecule has 0 radical (unpaired) electrons. The number of nitrogens with zero attached hydrogens (tertiary/aromatic N) is 2. The molecule has 3 N–H and O–H groups in total. The van der Waals surface area contributed by atoms with Crippen molar-refractivity contribution >= 4 is 17.6 Å². The van der Waals surface area contributed by atoms with Gasteiger partial charge in [-0.2, -0.15) is 4.98 Å². The zero-order chi connectivity index (χ0) is 21.1. The highest BCUT2D eigenvalue weighted by molar-refractivity contribution is 5.95. The summed E-state index contributed by atoms with van der Waals surface area (Å²) in [6.07, 6.45) is 2.02. The molecule has 0 bridgehead atoms. The van der Waals surface area contributed by atoms with Crippen molar-refractivity contribution in [3.05, 3.63) is 65.8 Å². The van der Waals surface area contributed by atoms with Gasteiger partial charge in [-0.1, -0.05) is 5.16 Å². The number of halogens is 1. The summed E-state index contributed by atoms with van der Waals surface area (Å²) in [6.45, 7) is 1.72. The van der Waals surface area contributed by atoms with E-state index in [1.54, 1.807) is 43.3 Å². The number of hydrogen-bond acceptors (Lipinski definition) is 5. The highest BCUT2D eigenvalue weighted by Gasteiger charge is 2.23. The quantitative estimate of drug-likeness (QED) is 0.576. The summed E-state index contributed by atoms with van der Waals surface area (Å²) in [5.41, 5.74) is 1.63. The van der Waals surface area contributed by atoms with Gasteiger partial charge in [0.05, 0.1) is 0 Å². The van der Waals surface area contributed by atoms with E-state index in [9.17, 15) is 14.0 Å². The van der Waals surface area contributed by atoms with E-state index in [2.05, 4.69) is 26.1 Å². The molecule has 0 spiro atoms. The Morgan fingerprint density at radius 1 is 1.10 bits per heavy atom. The topological polar surface area (TPSA) is 109 Å². The van der Waals surface area contributed by atoms with E-state index in [0.29, 0.717) is 22.6 Å². The van der Waals surface area contributed by atoms with Crippen LogP contribution >= 0.6 is 0 Å². The standard InChI is InChI=1S/C21H20FN5O3/c1-12(20-26-18(27-30-20)13-2-6-15(22)7-3-13)23-19(28)14-4-8-16(9-5-14)24-21(29)25-17-10-11-17/h2-9,12,17H,10-11H2,1H3,(H,23,28)(H2,24,25,29). The normalized spacial score (nSPS) is 14.1. The SMILES string of the molecule is CC(NC(=O)c1ccc(NC(=O)NC2CC2)cc1)c1nc(-c2ccc(F)cc2)no1. The molecule has 2 aromatic carbocycles. The van der Waals surface area contributed by atoms with Crippen LogP contribution in [-0.4, -0.2) is 28.1 Å². The Morgan fingerprint density at radius 2 is 1.80 bits per heavy atom. The van der Waals surface area contributed by atoms with Crippen LogP contribution in [0.4, 0.5) is 14.9 Å². The Labute approximate surface area is 171 Å². The number of carbonyl (C=O) groups is 2. The van der Waals surface area contributed by atoms with Crippen LogP contribution < -0.4 is 16.0 Å². The van der Waals surface area contributed by atoms with Gasteiger partial charge in [0.1, 0.15) is 11.9 Å². The Balaban J connectivity index is 1.35. The molecule has 1 unspecified atom stereocenters. The summed E-state index contributed by atoms with van der Waals surface area (Å²) < 4.78 is 18.3. The Kier molecular flexibility index (Phi) is 5.42. The smallest absolute Gasteiger partial charge is 0.319 e. The first kappa shape index (κ1) is 19.6. The molecule has 8 nitrogen and oxygen atoms in total. The first-order valence-corrected chi connectivity index (χ1v) is 9.56. The van der Waals surface area contributed by atoms with Crippen molar-refractivity contribution in [1.82, 2.24) is 20.8 Å². The maximum absolute atomic E-state index is 13.0. The van der Waals surface area contributed by atoms with Gasteiger partial charge in [0.15, 0.2) is 0 Å². The van der Waals surface area contributed by atoms with Crippen molar-refractivity contribution in [3.63, 3.8) is 0 Å². The van der Waals surface area contributed by atoms with E-state index in [0.717, 1.165) is 12.8 Å². The number of benzene rings is 2. The molecular weight excluding hydrogens is 389 g/mol. The zero-order valence-electron chi connectivity index (χ0n) is 16.2. The second kappa shape index (κ2) is 8.32. The van der Waals surface area contributed by atoms with Crippen molar-refractivity contribution in [2.45, 2.75) is 31.8 Å². The summed E-state index contributed by atoms with van der Waals surface area (Å²) in [6, 6.07) is 11.8. The number of urea groups is 1. The van der Waals surface area contributed by atoms with E-state index < -0.39 is 6.04 Å². The number of aromatic nitrogens is 2. The van der Waals surface area contributed by atoms with Crippen LogP contribution in [0.2, 0.25) is 0 Å². The van der Waals surface area contributed by atoms with Gasteiger partial charge in [-0.3, -0.25) is 4.79 Å². The number of amides is 3. The van der Waals surface area contributed by atoms with E-state index in [1.807, 2.05) is 0 Å². The van der Waals surface area contributed by atoms with Crippen LogP contribution in [0.15, 0.2) is 53.1 Å². The molecule has 1 fully saturated rings. The van der Waals surface area contributed by atoms with Gasteiger partial charge < -0.3 is 20.5 Å². The number of carbonyl (C=O) groups excluding carboxylic acids is 2. The summed E-state index contributed by atoms with van der Waals surface area (Å²) in [5, 5.41) is 12.2. The van der Waals surface area contributed by atoms with Crippen LogP contribution in [0.3, 0.4) is 0 Å². The van der Waals surface area contributed by atoms with Crippen molar-refractivity contribution < 1.29 is 18.5 Å². The Bertz CT molecular complexity index is 1050. The highest BCUT2D eigenvalue weighted by atomic mass is 19.1. The molecular formula is C21H20FN5O3. The van der Waals surface area contributed by atoms with Gasteiger partial charge in [0.25, 0.3) is 5.91 Å². The van der Waals surface area contributed by atoms with Gasteiger partial charge in [-0.05, 0) is 68.3 Å². The number of rotatable bonds is 6. The van der Waals surface area contributed by atoms with E-state index in [4.69, 9.17) is 4.52 Å². The molecule has 154 valence electrons. The fraction of sp³-hybridized carbons (Fsp3) is 0.238. The molecule has 1 aliphatic rings. The van der Waals surface area contributed by atoms with Gasteiger partial charge >= 0.3 is 6.03 Å². The zero-order valence-corrected chi connectivity index (χ0v) is 16.2. The lowest BCUT2D eigenvalue weighted by Gasteiger charge is -2.11. The van der Waals surface area contributed by atoms with Crippen molar-refractivity contribution in [3.8, 4) is 11.4 Å². The summed E-state index contributed by atoms with van der Waals surface area (Å²) >= 11 is 0. The first-order valence-electron chi connectivity index (χ1n) is 9.56.